The smallest absolute Gasteiger partial charge is 0.198 e. The van der Waals surface area contributed by atoms with E-state index in [2.05, 4.69) is 25.4 Å². The maximum absolute atomic E-state index is 5.86. The summed E-state index contributed by atoms with van der Waals surface area (Å²) in [6.45, 7) is 0.435. The van der Waals surface area contributed by atoms with Crippen LogP contribution in [0.5, 0.6) is 5.75 Å². The molecule has 0 amide bonds. The summed E-state index contributed by atoms with van der Waals surface area (Å²) >= 11 is 5.86. The minimum absolute atomic E-state index is 0.263. The van der Waals surface area contributed by atoms with Crippen LogP contribution < -0.4 is 10.1 Å². The Balaban J connectivity index is 2.11. The minimum Gasteiger partial charge on any atom is -0.490 e. The second-order valence-electron chi connectivity index (χ2n) is 3.23. The van der Waals surface area contributed by atoms with Gasteiger partial charge in [-0.2, -0.15) is 5.10 Å². The van der Waals surface area contributed by atoms with Gasteiger partial charge in [-0.15, -0.1) is 0 Å². The molecule has 1 N–H and O–H groups in total. The zero-order valence-electron chi connectivity index (χ0n) is 9.38. The quantitative estimate of drug-likeness (QED) is 0.816. The molecule has 0 aromatic carbocycles. The Morgan fingerprint density at radius 3 is 2.88 bits per heavy atom. The predicted octanol–water partition coefficient (Wildman–Crippen LogP) is 0.879. The molecule has 0 aliphatic carbocycles. The van der Waals surface area contributed by atoms with Crippen molar-refractivity contribution in [3.8, 4) is 5.75 Å². The third-order valence-corrected chi connectivity index (χ3v) is 2.29. The molecule has 0 bridgehead atoms. The Kier molecular flexibility index (Phi) is 3.38. The van der Waals surface area contributed by atoms with Crippen molar-refractivity contribution in [1.29, 1.82) is 0 Å². The van der Waals surface area contributed by atoms with Gasteiger partial charge in [0.1, 0.15) is 12.7 Å². The molecule has 0 aliphatic heterocycles. The molecule has 90 valence electrons. The lowest BCUT2D eigenvalue weighted by Crippen LogP contribution is -2.06. The average molecular weight is 255 g/mol. The largest absolute Gasteiger partial charge is 0.490 e. The van der Waals surface area contributed by atoms with Gasteiger partial charge in [-0.1, -0.05) is 11.6 Å². The van der Waals surface area contributed by atoms with Gasteiger partial charge in [-0.05, 0) is 0 Å². The van der Waals surface area contributed by atoms with Gasteiger partial charge in [0.25, 0.3) is 0 Å². The van der Waals surface area contributed by atoms with Crippen molar-refractivity contribution < 1.29 is 4.74 Å². The summed E-state index contributed by atoms with van der Waals surface area (Å²) < 4.78 is 6.73. The summed E-state index contributed by atoms with van der Waals surface area (Å²) in [5, 5.41) is 7.43. The van der Waals surface area contributed by atoms with Crippen LogP contribution in [0.2, 0.25) is 5.15 Å². The monoisotopic (exact) mass is 254 g/mol. The molecule has 2 aromatic rings. The van der Waals surface area contributed by atoms with Gasteiger partial charge >= 0.3 is 0 Å². The van der Waals surface area contributed by atoms with Crippen molar-refractivity contribution >= 4 is 17.4 Å². The summed E-state index contributed by atoms with van der Waals surface area (Å²) in [6.07, 6.45) is 2.99. The highest BCUT2D eigenvalue weighted by atomic mass is 35.5. The van der Waals surface area contributed by atoms with Crippen molar-refractivity contribution in [2.24, 2.45) is 7.05 Å². The van der Waals surface area contributed by atoms with E-state index in [9.17, 15) is 0 Å². The fourth-order valence-corrected chi connectivity index (χ4v) is 1.50. The Hall–Kier alpha value is -1.89. The number of rotatable bonds is 4. The summed E-state index contributed by atoms with van der Waals surface area (Å²) in [5.74, 6) is 1.58. The number of nitrogens with zero attached hydrogens (tertiary/aromatic N) is 5. The molecule has 0 aliphatic rings. The molecular formula is C9H11ClN6O. The molecule has 17 heavy (non-hydrogen) atoms. The first-order chi connectivity index (χ1) is 8.20. The number of anilines is 1. The SMILES string of the molecule is COc1c(Cl)ncnc1NCc1ncn(C)n1. The molecule has 2 rings (SSSR count). The van der Waals surface area contributed by atoms with E-state index in [1.807, 2.05) is 0 Å². The molecule has 0 atom stereocenters. The number of hydrogen-bond acceptors (Lipinski definition) is 6. The molecule has 0 unspecified atom stereocenters. The van der Waals surface area contributed by atoms with E-state index in [-0.39, 0.29) is 5.15 Å². The van der Waals surface area contributed by atoms with Crippen LogP contribution in [0.15, 0.2) is 12.7 Å². The Bertz CT molecular complexity index is 514. The third kappa shape index (κ3) is 2.62. The van der Waals surface area contributed by atoms with Crippen LogP contribution in [0.4, 0.5) is 5.82 Å². The van der Waals surface area contributed by atoms with Gasteiger partial charge in [0, 0.05) is 7.05 Å². The highest BCUT2D eigenvalue weighted by Gasteiger charge is 2.10. The van der Waals surface area contributed by atoms with Gasteiger partial charge in [0.15, 0.2) is 22.5 Å². The number of ether oxygens (including phenoxy) is 1. The van der Waals surface area contributed by atoms with Crippen LogP contribution >= 0.6 is 11.6 Å². The molecular weight excluding hydrogens is 244 g/mol. The summed E-state index contributed by atoms with van der Waals surface area (Å²) in [5.41, 5.74) is 0. The van der Waals surface area contributed by atoms with E-state index in [1.165, 1.54) is 13.4 Å². The number of aryl methyl sites for hydroxylation is 1. The van der Waals surface area contributed by atoms with E-state index in [0.717, 1.165) is 0 Å². The minimum atomic E-state index is 0.263. The Labute approximate surface area is 103 Å². The van der Waals surface area contributed by atoms with Gasteiger partial charge < -0.3 is 10.1 Å². The van der Waals surface area contributed by atoms with Crippen molar-refractivity contribution in [1.82, 2.24) is 24.7 Å². The topological polar surface area (TPSA) is 77.8 Å². The molecule has 0 radical (unpaired) electrons. The second kappa shape index (κ2) is 4.96. The van der Waals surface area contributed by atoms with Crippen LogP contribution in [0.3, 0.4) is 0 Å². The molecule has 0 saturated heterocycles. The summed E-state index contributed by atoms with van der Waals surface area (Å²) in [7, 11) is 3.31. The number of nitrogens with one attached hydrogen (secondary N) is 1. The lowest BCUT2D eigenvalue weighted by atomic mass is 10.5. The maximum Gasteiger partial charge on any atom is 0.198 e. The third-order valence-electron chi connectivity index (χ3n) is 2.03. The number of aromatic nitrogens is 5. The van der Waals surface area contributed by atoms with Crippen molar-refractivity contribution in [3.05, 3.63) is 23.6 Å². The van der Waals surface area contributed by atoms with Gasteiger partial charge in [0.05, 0.1) is 13.7 Å². The standard InChI is InChI=1S/C9H11ClN6O/c1-16-5-14-6(15-16)3-11-9-7(17-2)8(10)12-4-13-9/h4-5H,3H2,1-2H3,(H,11,12,13). The lowest BCUT2D eigenvalue weighted by Gasteiger charge is -2.08. The molecule has 8 heteroatoms. The maximum atomic E-state index is 5.86. The van der Waals surface area contributed by atoms with Gasteiger partial charge in [-0.25, -0.2) is 15.0 Å². The molecule has 2 heterocycles. The van der Waals surface area contributed by atoms with E-state index < -0.39 is 0 Å². The zero-order chi connectivity index (χ0) is 12.3. The van der Waals surface area contributed by atoms with Gasteiger partial charge in [-0.3, -0.25) is 4.68 Å². The molecule has 0 saturated carbocycles. The van der Waals surface area contributed by atoms with Crippen LogP contribution in [-0.4, -0.2) is 31.8 Å². The Morgan fingerprint density at radius 1 is 1.41 bits per heavy atom. The summed E-state index contributed by atoms with van der Waals surface area (Å²) in [4.78, 5) is 11.9. The summed E-state index contributed by atoms with van der Waals surface area (Å²) in [6, 6.07) is 0. The van der Waals surface area contributed by atoms with E-state index in [4.69, 9.17) is 16.3 Å². The van der Waals surface area contributed by atoms with Crippen LogP contribution in [0.1, 0.15) is 5.82 Å². The molecule has 7 nitrogen and oxygen atoms in total. The molecule has 0 fully saturated rings. The molecule has 2 aromatic heterocycles. The van der Waals surface area contributed by atoms with Crippen molar-refractivity contribution in [3.63, 3.8) is 0 Å². The van der Waals surface area contributed by atoms with Crippen LogP contribution in [-0.2, 0) is 13.6 Å². The predicted molar refractivity (Wildman–Crippen MR) is 61.9 cm³/mol. The van der Waals surface area contributed by atoms with Crippen molar-refractivity contribution in [2.75, 3.05) is 12.4 Å². The van der Waals surface area contributed by atoms with E-state index in [0.29, 0.717) is 23.9 Å². The highest BCUT2D eigenvalue weighted by Crippen LogP contribution is 2.28. The first-order valence-corrected chi connectivity index (χ1v) is 5.21. The second-order valence-corrected chi connectivity index (χ2v) is 3.59. The number of halogens is 1. The Morgan fingerprint density at radius 2 is 2.24 bits per heavy atom. The van der Waals surface area contributed by atoms with Crippen LogP contribution in [0, 0.1) is 0 Å². The zero-order valence-corrected chi connectivity index (χ0v) is 10.1. The normalized spacial score (nSPS) is 10.3. The first kappa shape index (κ1) is 11.6. The molecule has 0 spiro atoms. The highest BCUT2D eigenvalue weighted by molar-refractivity contribution is 6.31. The number of hydrogen-bond donors (Lipinski definition) is 1. The fourth-order valence-electron chi connectivity index (χ4n) is 1.29. The van der Waals surface area contributed by atoms with E-state index in [1.54, 1.807) is 18.1 Å². The van der Waals surface area contributed by atoms with Crippen LogP contribution in [0.25, 0.3) is 0 Å². The van der Waals surface area contributed by atoms with E-state index >= 15 is 0 Å². The number of methoxy groups -OCH3 is 1. The van der Waals surface area contributed by atoms with Crippen molar-refractivity contribution in [2.45, 2.75) is 6.54 Å². The first-order valence-electron chi connectivity index (χ1n) is 4.83. The average Bonchev–Trinajstić information content (AvgIpc) is 2.72. The van der Waals surface area contributed by atoms with Gasteiger partial charge in [0.2, 0.25) is 0 Å². The fraction of sp³-hybridized carbons (Fsp3) is 0.333. The lowest BCUT2D eigenvalue weighted by molar-refractivity contribution is 0.413.